The van der Waals surface area contributed by atoms with Crippen molar-refractivity contribution in [3.63, 3.8) is 0 Å². The normalized spacial score (nSPS) is 39.4. The summed E-state index contributed by atoms with van der Waals surface area (Å²) in [5.41, 5.74) is -0.400. The number of carbonyl (C=O) groups is 1. The maximum absolute atomic E-state index is 12.1. The first-order valence-electron chi connectivity index (χ1n) is 6.44. The van der Waals surface area contributed by atoms with Gasteiger partial charge in [0.2, 0.25) is 0 Å². The SMILES string of the molecule is COC(=O)C1(NC2CC2)CCC(C)CC1C. The van der Waals surface area contributed by atoms with Crippen LogP contribution in [-0.2, 0) is 9.53 Å². The lowest BCUT2D eigenvalue weighted by Crippen LogP contribution is -2.60. The molecular formula is C13H23NO2. The molecule has 0 aromatic carbocycles. The Bertz CT molecular complexity index is 275. The predicted molar refractivity (Wildman–Crippen MR) is 63.1 cm³/mol. The van der Waals surface area contributed by atoms with Crippen LogP contribution in [0.2, 0.25) is 0 Å². The molecule has 2 aliphatic carbocycles. The number of hydrogen-bond acceptors (Lipinski definition) is 3. The maximum atomic E-state index is 12.1. The Morgan fingerprint density at radius 2 is 2.00 bits per heavy atom. The molecule has 2 rings (SSSR count). The van der Waals surface area contributed by atoms with Crippen molar-refractivity contribution in [2.75, 3.05) is 7.11 Å². The third kappa shape index (κ3) is 2.10. The third-order valence-corrected chi connectivity index (χ3v) is 4.22. The second-order valence-corrected chi connectivity index (χ2v) is 5.66. The van der Waals surface area contributed by atoms with E-state index in [2.05, 4.69) is 19.2 Å². The first-order valence-corrected chi connectivity index (χ1v) is 6.44. The van der Waals surface area contributed by atoms with Crippen LogP contribution in [0.25, 0.3) is 0 Å². The first kappa shape index (κ1) is 11.9. The molecule has 0 aliphatic heterocycles. The van der Waals surface area contributed by atoms with Crippen LogP contribution in [0.1, 0.15) is 46.0 Å². The van der Waals surface area contributed by atoms with Crippen LogP contribution < -0.4 is 5.32 Å². The number of esters is 1. The summed E-state index contributed by atoms with van der Waals surface area (Å²) in [7, 11) is 1.50. The molecule has 2 saturated carbocycles. The van der Waals surface area contributed by atoms with Crippen molar-refractivity contribution in [3.8, 4) is 0 Å². The van der Waals surface area contributed by atoms with Gasteiger partial charge in [-0.05, 0) is 43.9 Å². The van der Waals surface area contributed by atoms with E-state index in [1.54, 1.807) is 0 Å². The van der Waals surface area contributed by atoms with Gasteiger partial charge in [0.15, 0.2) is 0 Å². The van der Waals surface area contributed by atoms with Crippen LogP contribution in [-0.4, -0.2) is 24.7 Å². The molecule has 3 heteroatoms. The number of carbonyl (C=O) groups excluding carboxylic acids is 1. The molecule has 0 heterocycles. The Balaban J connectivity index is 2.14. The summed E-state index contributed by atoms with van der Waals surface area (Å²) < 4.78 is 5.03. The highest BCUT2D eigenvalue weighted by Gasteiger charge is 2.49. The van der Waals surface area contributed by atoms with E-state index >= 15 is 0 Å². The van der Waals surface area contributed by atoms with Gasteiger partial charge in [0.25, 0.3) is 0 Å². The summed E-state index contributed by atoms with van der Waals surface area (Å²) >= 11 is 0. The van der Waals surface area contributed by atoms with Crippen LogP contribution in [0.5, 0.6) is 0 Å². The molecule has 0 amide bonds. The molecule has 0 saturated heterocycles. The van der Waals surface area contributed by atoms with E-state index in [-0.39, 0.29) is 5.97 Å². The topological polar surface area (TPSA) is 38.3 Å². The van der Waals surface area contributed by atoms with Gasteiger partial charge in [0.1, 0.15) is 5.54 Å². The minimum Gasteiger partial charge on any atom is -0.468 e. The van der Waals surface area contributed by atoms with E-state index in [9.17, 15) is 4.79 Å². The molecule has 0 aromatic heterocycles. The molecule has 2 aliphatic rings. The number of nitrogens with one attached hydrogen (secondary N) is 1. The summed E-state index contributed by atoms with van der Waals surface area (Å²) in [6.07, 6.45) is 5.59. The Labute approximate surface area is 97.9 Å². The highest BCUT2D eigenvalue weighted by molar-refractivity contribution is 5.81. The van der Waals surface area contributed by atoms with Crippen molar-refractivity contribution < 1.29 is 9.53 Å². The molecular weight excluding hydrogens is 202 g/mol. The van der Waals surface area contributed by atoms with Crippen LogP contribution in [0.3, 0.4) is 0 Å². The molecule has 0 bridgehead atoms. The van der Waals surface area contributed by atoms with Crippen LogP contribution >= 0.6 is 0 Å². The van der Waals surface area contributed by atoms with Gasteiger partial charge in [0.05, 0.1) is 7.11 Å². The van der Waals surface area contributed by atoms with Crippen molar-refractivity contribution in [1.29, 1.82) is 0 Å². The fourth-order valence-corrected chi connectivity index (χ4v) is 2.99. The van der Waals surface area contributed by atoms with Gasteiger partial charge in [-0.2, -0.15) is 0 Å². The second kappa shape index (κ2) is 4.36. The quantitative estimate of drug-likeness (QED) is 0.748. The summed E-state index contributed by atoms with van der Waals surface area (Å²) in [6.45, 7) is 4.46. The number of methoxy groups -OCH3 is 1. The second-order valence-electron chi connectivity index (χ2n) is 5.66. The number of rotatable bonds is 3. The third-order valence-electron chi connectivity index (χ3n) is 4.22. The first-order chi connectivity index (χ1) is 7.58. The van der Waals surface area contributed by atoms with E-state index < -0.39 is 5.54 Å². The van der Waals surface area contributed by atoms with Gasteiger partial charge in [-0.25, -0.2) is 0 Å². The van der Waals surface area contributed by atoms with Crippen molar-refractivity contribution in [2.45, 2.75) is 57.5 Å². The molecule has 0 spiro atoms. The Morgan fingerprint density at radius 1 is 1.31 bits per heavy atom. The van der Waals surface area contributed by atoms with Crippen molar-refractivity contribution in [1.82, 2.24) is 5.32 Å². The number of hydrogen-bond donors (Lipinski definition) is 1. The molecule has 16 heavy (non-hydrogen) atoms. The lowest BCUT2D eigenvalue weighted by molar-refractivity contribution is -0.153. The summed E-state index contributed by atoms with van der Waals surface area (Å²) in [6, 6.07) is 0.551. The van der Waals surface area contributed by atoms with Crippen molar-refractivity contribution in [3.05, 3.63) is 0 Å². The van der Waals surface area contributed by atoms with Gasteiger partial charge in [-0.3, -0.25) is 10.1 Å². The van der Waals surface area contributed by atoms with Gasteiger partial charge in [0, 0.05) is 6.04 Å². The van der Waals surface area contributed by atoms with Gasteiger partial charge >= 0.3 is 5.97 Å². The molecule has 0 aromatic rings. The van der Waals surface area contributed by atoms with Crippen molar-refractivity contribution >= 4 is 5.97 Å². The zero-order valence-electron chi connectivity index (χ0n) is 10.6. The standard InChI is InChI=1S/C13H23NO2/c1-9-6-7-13(10(2)8-9,12(15)16-3)14-11-4-5-11/h9-11,14H,4-8H2,1-3H3. The Kier molecular flexibility index (Phi) is 3.24. The van der Waals surface area contributed by atoms with Crippen LogP contribution in [0.4, 0.5) is 0 Å². The zero-order valence-corrected chi connectivity index (χ0v) is 10.6. The smallest absolute Gasteiger partial charge is 0.326 e. The summed E-state index contributed by atoms with van der Waals surface area (Å²) in [4.78, 5) is 12.1. The average Bonchev–Trinajstić information content (AvgIpc) is 3.05. The van der Waals surface area contributed by atoms with E-state index in [1.165, 1.54) is 20.0 Å². The predicted octanol–water partition coefficient (Wildman–Crippen LogP) is 2.11. The summed E-state index contributed by atoms with van der Waals surface area (Å²) in [5.74, 6) is 1.05. The minimum absolute atomic E-state index is 0.0567. The molecule has 3 unspecified atom stereocenters. The lowest BCUT2D eigenvalue weighted by atomic mass is 9.70. The average molecular weight is 225 g/mol. The molecule has 0 radical (unpaired) electrons. The number of ether oxygens (including phenoxy) is 1. The maximum Gasteiger partial charge on any atom is 0.326 e. The minimum atomic E-state index is -0.400. The Morgan fingerprint density at radius 3 is 2.50 bits per heavy atom. The highest BCUT2D eigenvalue weighted by Crippen LogP contribution is 2.39. The van der Waals surface area contributed by atoms with Gasteiger partial charge in [-0.1, -0.05) is 13.8 Å². The van der Waals surface area contributed by atoms with E-state index in [0.29, 0.717) is 12.0 Å². The van der Waals surface area contributed by atoms with Crippen LogP contribution in [0, 0.1) is 11.8 Å². The van der Waals surface area contributed by atoms with E-state index in [0.717, 1.165) is 25.2 Å². The van der Waals surface area contributed by atoms with Gasteiger partial charge in [-0.15, -0.1) is 0 Å². The molecule has 1 N–H and O–H groups in total. The van der Waals surface area contributed by atoms with E-state index in [4.69, 9.17) is 4.74 Å². The molecule has 3 atom stereocenters. The largest absolute Gasteiger partial charge is 0.468 e. The fraction of sp³-hybridized carbons (Fsp3) is 0.923. The van der Waals surface area contributed by atoms with Gasteiger partial charge < -0.3 is 4.74 Å². The highest BCUT2D eigenvalue weighted by atomic mass is 16.5. The zero-order chi connectivity index (χ0) is 11.8. The van der Waals surface area contributed by atoms with Crippen molar-refractivity contribution in [2.24, 2.45) is 11.8 Å². The lowest BCUT2D eigenvalue weighted by Gasteiger charge is -2.43. The monoisotopic (exact) mass is 225 g/mol. The van der Waals surface area contributed by atoms with Crippen LogP contribution in [0.15, 0.2) is 0 Å². The molecule has 2 fully saturated rings. The Hall–Kier alpha value is -0.570. The molecule has 3 nitrogen and oxygen atoms in total. The summed E-state index contributed by atoms with van der Waals surface area (Å²) in [5, 5.41) is 3.55. The fourth-order valence-electron chi connectivity index (χ4n) is 2.99. The molecule has 92 valence electrons. The van der Waals surface area contributed by atoms with E-state index in [1.807, 2.05) is 0 Å².